The Hall–Kier alpha value is -1.57. The lowest BCUT2D eigenvalue weighted by Gasteiger charge is -2.37. The zero-order chi connectivity index (χ0) is 14.4. The Morgan fingerprint density at radius 3 is 2.65 bits per heavy atom. The van der Waals surface area contributed by atoms with Crippen molar-refractivity contribution in [2.75, 3.05) is 13.2 Å². The minimum atomic E-state index is 0.0913. The van der Waals surface area contributed by atoms with E-state index in [0.29, 0.717) is 18.2 Å². The molecule has 1 atom stereocenters. The summed E-state index contributed by atoms with van der Waals surface area (Å²) in [6.45, 7) is 5.10. The van der Waals surface area contributed by atoms with Crippen LogP contribution in [0, 0.1) is 11.3 Å². The van der Waals surface area contributed by atoms with Crippen LogP contribution < -0.4 is 10.1 Å². The maximum Gasteiger partial charge on any atom is 0.174 e. The lowest BCUT2D eigenvalue weighted by Crippen LogP contribution is -2.46. The molecule has 1 aromatic carbocycles. The van der Waals surface area contributed by atoms with E-state index in [1.165, 1.54) is 5.56 Å². The molecule has 20 heavy (non-hydrogen) atoms. The third-order valence-electron chi connectivity index (χ3n) is 3.67. The van der Waals surface area contributed by atoms with Gasteiger partial charge in [-0.1, -0.05) is 12.1 Å². The summed E-state index contributed by atoms with van der Waals surface area (Å²) in [6.07, 6.45) is 2.63. The summed E-state index contributed by atoms with van der Waals surface area (Å²) in [6, 6.07) is 10.7. The summed E-state index contributed by atoms with van der Waals surface area (Å²) in [5.41, 5.74) is 1.23. The lowest BCUT2D eigenvalue weighted by molar-refractivity contribution is -0.0120. The number of hydrogen-bond acceptors (Lipinski definition) is 4. The van der Waals surface area contributed by atoms with Crippen molar-refractivity contribution >= 4 is 0 Å². The van der Waals surface area contributed by atoms with E-state index in [1.54, 1.807) is 0 Å². The van der Waals surface area contributed by atoms with E-state index in [0.717, 1.165) is 25.2 Å². The van der Waals surface area contributed by atoms with Crippen molar-refractivity contribution in [1.29, 1.82) is 5.26 Å². The molecule has 0 heterocycles. The highest BCUT2D eigenvalue weighted by Crippen LogP contribution is 2.26. The average Bonchev–Trinajstić information content (AvgIpc) is 2.43. The zero-order valence-electron chi connectivity index (χ0n) is 12.1. The first-order valence-corrected chi connectivity index (χ1v) is 7.20. The highest BCUT2D eigenvalue weighted by molar-refractivity contribution is 5.29. The number of nitriles is 1. The minimum absolute atomic E-state index is 0.0913. The largest absolute Gasteiger partial charge is 0.479 e. The fourth-order valence-electron chi connectivity index (χ4n) is 2.49. The van der Waals surface area contributed by atoms with Crippen molar-refractivity contribution < 1.29 is 9.47 Å². The van der Waals surface area contributed by atoms with E-state index >= 15 is 0 Å². The second-order valence-corrected chi connectivity index (χ2v) is 5.15. The van der Waals surface area contributed by atoms with Gasteiger partial charge >= 0.3 is 0 Å². The van der Waals surface area contributed by atoms with Gasteiger partial charge in [-0.2, -0.15) is 5.26 Å². The highest BCUT2D eigenvalue weighted by Gasteiger charge is 2.30. The molecular weight excluding hydrogens is 252 g/mol. The van der Waals surface area contributed by atoms with Crippen LogP contribution in [-0.4, -0.2) is 25.4 Å². The standard InChI is InChI=1S/C16H22N2O2/c1-3-19-16-10-14(11-16)18-12(2)13-4-6-15(7-5-13)20-9-8-17/h4-7,12,14,16,18H,3,9-11H2,1-2H3. The molecule has 2 rings (SSSR count). The van der Waals surface area contributed by atoms with E-state index < -0.39 is 0 Å². The monoisotopic (exact) mass is 274 g/mol. The van der Waals surface area contributed by atoms with E-state index in [1.807, 2.05) is 37.3 Å². The molecule has 0 saturated heterocycles. The molecule has 108 valence electrons. The molecule has 4 heteroatoms. The Labute approximate surface area is 120 Å². The first-order chi connectivity index (χ1) is 9.72. The average molecular weight is 274 g/mol. The van der Waals surface area contributed by atoms with Crippen molar-refractivity contribution in [3.63, 3.8) is 0 Å². The fourth-order valence-corrected chi connectivity index (χ4v) is 2.49. The maximum atomic E-state index is 8.47. The van der Waals surface area contributed by atoms with Gasteiger partial charge in [0.1, 0.15) is 11.8 Å². The minimum Gasteiger partial charge on any atom is -0.479 e. The van der Waals surface area contributed by atoms with Crippen LogP contribution in [0.5, 0.6) is 5.75 Å². The van der Waals surface area contributed by atoms with Gasteiger partial charge in [0.2, 0.25) is 0 Å². The van der Waals surface area contributed by atoms with E-state index in [9.17, 15) is 0 Å². The van der Waals surface area contributed by atoms with Gasteiger partial charge in [-0.25, -0.2) is 0 Å². The maximum absolute atomic E-state index is 8.47. The molecule has 4 nitrogen and oxygen atoms in total. The van der Waals surface area contributed by atoms with Crippen LogP contribution in [0.25, 0.3) is 0 Å². The Morgan fingerprint density at radius 2 is 2.05 bits per heavy atom. The smallest absolute Gasteiger partial charge is 0.174 e. The summed E-state index contributed by atoms with van der Waals surface area (Å²) in [5, 5.41) is 12.1. The first kappa shape index (κ1) is 14.8. The van der Waals surface area contributed by atoms with E-state index in [-0.39, 0.29) is 6.61 Å². The topological polar surface area (TPSA) is 54.3 Å². The third kappa shape index (κ3) is 3.96. The molecule has 1 N–H and O–H groups in total. The van der Waals surface area contributed by atoms with Crippen LogP contribution in [0.15, 0.2) is 24.3 Å². The third-order valence-corrected chi connectivity index (χ3v) is 3.67. The predicted molar refractivity (Wildman–Crippen MR) is 77.5 cm³/mol. The fraction of sp³-hybridized carbons (Fsp3) is 0.562. The van der Waals surface area contributed by atoms with Crippen LogP contribution in [0.4, 0.5) is 0 Å². The second kappa shape index (κ2) is 7.28. The van der Waals surface area contributed by atoms with Crippen LogP contribution in [0.3, 0.4) is 0 Å². The van der Waals surface area contributed by atoms with Crippen molar-refractivity contribution in [2.24, 2.45) is 0 Å². The Balaban J connectivity index is 1.78. The molecule has 1 saturated carbocycles. The van der Waals surface area contributed by atoms with Crippen molar-refractivity contribution in [3.8, 4) is 11.8 Å². The molecule has 1 fully saturated rings. The van der Waals surface area contributed by atoms with Crippen LogP contribution in [0.2, 0.25) is 0 Å². The Kier molecular flexibility index (Phi) is 5.40. The number of ether oxygens (including phenoxy) is 2. The molecule has 1 aromatic rings. The van der Waals surface area contributed by atoms with Gasteiger partial charge in [-0.15, -0.1) is 0 Å². The summed E-state index contributed by atoms with van der Waals surface area (Å²) in [7, 11) is 0. The number of hydrogen-bond donors (Lipinski definition) is 1. The lowest BCUT2D eigenvalue weighted by atomic mass is 9.88. The summed E-state index contributed by atoms with van der Waals surface area (Å²) < 4.78 is 10.8. The number of rotatable bonds is 7. The summed E-state index contributed by atoms with van der Waals surface area (Å²) >= 11 is 0. The predicted octanol–water partition coefficient (Wildman–Crippen LogP) is 2.81. The zero-order valence-corrected chi connectivity index (χ0v) is 12.1. The summed E-state index contributed by atoms with van der Waals surface area (Å²) in [4.78, 5) is 0. The van der Waals surface area contributed by atoms with Crippen LogP contribution in [-0.2, 0) is 4.74 Å². The van der Waals surface area contributed by atoms with Gasteiger partial charge in [-0.3, -0.25) is 0 Å². The first-order valence-electron chi connectivity index (χ1n) is 7.20. The van der Waals surface area contributed by atoms with Gasteiger partial charge < -0.3 is 14.8 Å². The Bertz CT molecular complexity index is 447. The number of nitrogens with zero attached hydrogens (tertiary/aromatic N) is 1. The molecule has 0 radical (unpaired) electrons. The Morgan fingerprint density at radius 1 is 1.35 bits per heavy atom. The highest BCUT2D eigenvalue weighted by atomic mass is 16.5. The van der Waals surface area contributed by atoms with Gasteiger partial charge in [0.05, 0.1) is 6.10 Å². The van der Waals surface area contributed by atoms with Gasteiger partial charge in [0.25, 0.3) is 0 Å². The molecule has 0 spiro atoms. The quantitative estimate of drug-likeness (QED) is 0.830. The molecule has 0 aromatic heterocycles. The van der Waals surface area contributed by atoms with E-state index in [4.69, 9.17) is 14.7 Å². The van der Waals surface area contributed by atoms with Gasteiger partial charge in [-0.05, 0) is 44.4 Å². The van der Waals surface area contributed by atoms with Crippen molar-refractivity contribution in [1.82, 2.24) is 5.32 Å². The van der Waals surface area contributed by atoms with E-state index in [2.05, 4.69) is 12.2 Å². The van der Waals surface area contributed by atoms with Crippen LogP contribution >= 0.6 is 0 Å². The van der Waals surface area contributed by atoms with Crippen molar-refractivity contribution in [3.05, 3.63) is 29.8 Å². The molecule has 0 aliphatic heterocycles. The summed E-state index contributed by atoms with van der Waals surface area (Å²) in [5.74, 6) is 0.738. The molecule has 0 amide bonds. The SMILES string of the molecule is CCOC1CC(NC(C)c2ccc(OCC#N)cc2)C1. The molecule has 1 aliphatic carbocycles. The normalized spacial score (nSPS) is 22.6. The molecular formula is C16H22N2O2. The number of nitrogens with one attached hydrogen (secondary N) is 1. The van der Waals surface area contributed by atoms with Crippen molar-refractivity contribution in [2.45, 2.75) is 44.9 Å². The van der Waals surface area contributed by atoms with Crippen LogP contribution in [0.1, 0.15) is 38.3 Å². The van der Waals surface area contributed by atoms with Gasteiger partial charge in [0, 0.05) is 18.7 Å². The number of benzene rings is 1. The molecule has 0 bridgehead atoms. The molecule has 1 aliphatic rings. The van der Waals surface area contributed by atoms with Gasteiger partial charge in [0.15, 0.2) is 6.61 Å². The molecule has 1 unspecified atom stereocenters. The second-order valence-electron chi connectivity index (χ2n) is 5.15.